The number of aromatic nitrogens is 2. The van der Waals surface area contributed by atoms with E-state index in [1.807, 2.05) is 17.5 Å². The number of nitrogens with one attached hydrogen (secondary N) is 1. The highest BCUT2D eigenvalue weighted by Crippen LogP contribution is 2.44. The van der Waals surface area contributed by atoms with Crippen molar-refractivity contribution >= 4 is 51.4 Å². The summed E-state index contributed by atoms with van der Waals surface area (Å²) in [5.74, 6) is -0.100. The van der Waals surface area contributed by atoms with Crippen LogP contribution in [0.3, 0.4) is 0 Å². The number of nitrogens with zero attached hydrogens (tertiary/aromatic N) is 2. The number of hydrogen-bond acceptors (Lipinski definition) is 8. The third-order valence-corrected chi connectivity index (χ3v) is 7.15. The minimum Gasteiger partial charge on any atom is -0.465 e. The average Bonchev–Trinajstić information content (AvgIpc) is 3.34. The van der Waals surface area contributed by atoms with Crippen molar-refractivity contribution in [2.45, 2.75) is 42.4 Å². The molecule has 0 atom stereocenters. The Bertz CT molecular complexity index is 724. The minimum absolute atomic E-state index is 0.00876. The molecule has 0 aromatic carbocycles. The van der Waals surface area contributed by atoms with Gasteiger partial charge in [-0.3, -0.25) is 14.9 Å². The van der Waals surface area contributed by atoms with E-state index in [4.69, 9.17) is 4.74 Å². The van der Waals surface area contributed by atoms with Crippen LogP contribution < -0.4 is 5.32 Å². The lowest BCUT2D eigenvalue weighted by Crippen LogP contribution is -2.37. The van der Waals surface area contributed by atoms with Crippen LogP contribution in [0.15, 0.2) is 21.9 Å². The number of anilines is 1. The number of rotatable bonds is 7. The average molecular weight is 398 g/mol. The maximum atomic E-state index is 12.9. The largest absolute Gasteiger partial charge is 0.465 e. The topological polar surface area (TPSA) is 81.2 Å². The van der Waals surface area contributed by atoms with Gasteiger partial charge >= 0.3 is 5.97 Å². The Morgan fingerprint density at radius 1 is 1.36 bits per heavy atom. The van der Waals surface area contributed by atoms with Gasteiger partial charge in [0.2, 0.25) is 11.0 Å². The molecule has 1 N–H and O–H groups in total. The third kappa shape index (κ3) is 4.21. The molecule has 0 bridgehead atoms. The molecule has 0 unspecified atom stereocenters. The molecule has 1 aliphatic rings. The molecule has 3 rings (SSSR count). The Balaban J connectivity index is 1.64. The van der Waals surface area contributed by atoms with E-state index in [2.05, 4.69) is 15.5 Å². The van der Waals surface area contributed by atoms with Crippen LogP contribution in [0.1, 0.15) is 37.5 Å². The summed E-state index contributed by atoms with van der Waals surface area (Å²) in [4.78, 5) is 25.5. The molecular formula is C16H19N3O3S3. The lowest BCUT2D eigenvalue weighted by atomic mass is 9.83. The van der Waals surface area contributed by atoms with Gasteiger partial charge in [0.15, 0.2) is 4.34 Å². The maximum absolute atomic E-state index is 12.9. The van der Waals surface area contributed by atoms with Crippen LogP contribution in [0.5, 0.6) is 0 Å². The van der Waals surface area contributed by atoms with Crippen molar-refractivity contribution < 1.29 is 14.3 Å². The fourth-order valence-electron chi connectivity index (χ4n) is 2.97. The van der Waals surface area contributed by atoms with Crippen molar-refractivity contribution in [3.05, 3.63) is 22.4 Å². The second-order valence-corrected chi connectivity index (χ2v) is 8.84. The van der Waals surface area contributed by atoms with Crippen LogP contribution in [-0.2, 0) is 19.7 Å². The molecule has 0 aliphatic heterocycles. The summed E-state index contributed by atoms with van der Waals surface area (Å²) in [7, 11) is 0. The van der Waals surface area contributed by atoms with Crippen molar-refractivity contribution in [2.75, 3.05) is 17.7 Å². The monoisotopic (exact) mass is 397 g/mol. The van der Waals surface area contributed by atoms with Crippen LogP contribution in [0.2, 0.25) is 0 Å². The van der Waals surface area contributed by atoms with Gasteiger partial charge in [-0.2, -0.15) is 0 Å². The predicted octanol–water partition coefficient (Wildman–Crippen LogP) is 3.71. The first-order valence-electron chi connectivity index (χ1n) is 8.11. The van der Waals surface area contributed by atoms with Crippen LogP contribution in [0.25, 0.3) is 0 Å². The summed E-state index contributed by atoms with van der Waals surface area (Å²) in [6, 6.07) is 4.03. The van der Waals surface area contributed by atoms with Crippen LogP contribution in [0, 0.1) is 0 Å². The summed E-state index contributed by atoms with van der Waals surface area (Å²) < 4.78 is 5.52. The van der Waals surface area contributed by atoms with Gasteiger partial charge in [-0.25, -0.2) is 0 Å². The van der Waals surface area contributed by atoms with Gasteiger partial charge in [-0.05, 0) is 31.2 Å². The van der Waals surface area contributed by atoms with Crippen molar-refractivity contribution in [3.63, 3.8) is 0 Å². The van der Waals surface area contributed by atoms with Gasteiger partial charge in [0.25, 0.3) is 0 Å². The zero-order valence-corrected chi connectivity index (χ0v) is 16.3. The zero-order chi connectivity index (χ0) is 17.7. The Kier molecular flexibility index (Phi) is 6.08. The lowest BCUT2D eigenvalue weighted by Gasteiger charge is -2.25. The standard InChI is InChI=1S/C16H19N3O3S3/c1-2-22-12(20)10-24-15-19-18-14(25-15)17-13(21)16(7-3-4-8-16)11-6-5-9-23-11/h5-6,9H,2-4,7-8,10H2,1H3,(H,17,18,21). The van der Waals surface area contributed by atoms with E-state index in [0.29, 0.717) is 16.1 Å². The highest BCUT2D eigenvalue weighted by Gasteiger charge is 2.43. The SMILES string of the molecule is CCOC(=O)CSc1nnc(NC(=O)C2(c3cccs3)CCCC2)s1. The van der Waals surface area contributed by atoms with Crippen molar-refractivity contribution in [2.24, 2.45) is 0 Å². The van der Waals surface area contributed by atoms with Crippen molar-refractivity contribution in [1.29, 1.82) is 0 Å². The molecule has 0 radical (unpaired) electrons. The van der Waals surface area contributed by atoms with E-state index in [1.54, 1.807) is 18.3 Å². The van der Waals surface area contributed by atoms with Gasteiger partial charge < -0.3 is 4.74 Å². The van der Waals surface area contributed by atoms with E-state index in [1.165, 1.54) is 23.1 Å². The molecule has 1 saturated carbocycles. The molecule has 2 aromatic rings. The van der Waals surface area contributed by atoms with Crippen molar-refractivity contribution in [3.8, 4) is 0 Å². The summed E-state index contributed by atoms with van der Waals surface area (Å²) >= 11 is 4.18. The molecule has 0 spiro atoms. The summed E-state index contributed by atoms with van der Waals surface area (Å²) in [6.45, 7) is 2.13. The second-order valence-electron chi connectivity index (χ2n) is 5.69. The second kappa shape index (κ2) is 8.29. The molecule has 2 heterocycles. The molecule has 1 aliphatic carbocycles. The number of amides is 1. The normalized spacial score (nSPS) is 15.9. The summed E-state index contributed by atoms with van der Waals surface area (Å²) in [5.41, 5.74) is -0.446. The van der Waals surface area contributed by atoms with Gasteiger partial charge in [0, 0.05) is 4.88 Å². The molecular weight excluding hydrogens is 378 g/mol. The molecule has 6 nitrogen and oxygen atoms in total. The highest BCUT2D eigenvalue weighted by atomic mass is 32.2. The number of ether oxygens (including phenoxy) is 1. The number of thiophene rings is 1. The summed E-state index contributed by atoms with van der Waals surface area (Å²) in [5, 5.41) is 13.5. The number of carbonyl (C=O) groups excluding carboxylic acids is 2. The van der Waals surface area contributed by atoms with E-state index in [0.717, 1.165) is 30.6 Å². The Labute approximate surface area is 158 Å². The molecule has 1 fully saturated rings. The quantitative estimate of drug-likeness (QED) is 0.436. The molecule has 2 aromatic heterocycles. The minimum atomic E-state index is -0.446. The molecule has 0 saturated heterocycles. The van der Waals surface area contributed by atoms with E-state index >= 15 is 0 Å². The van der Waals surface area contributed by atoms with Gasteiger partial charge in [0.1, 0.15) is 0 Å². The first kappa shape index (κ1) is 18.3. The number of thioether (sulfide) groups is 1. The molecule has 134 valence electrons. The third-order valence-electron chi connectivity index (χ3n) is 4.13. The van der Waals surface area contributed by atoms with E-state index in [-0.39, 0.29) is 17.6 Å². The highest BCUT2D eigenvalue weighted by molar-refractivity contribution is 8.01. The van der Waals surface area contributed by atoms with Crippen molar-refractivity contribution in [1.82, 2.24) is 10.2 Å². The van der Waals surface area contributed by atoms with E-state index < -0.39 is 5.41 Å². The number of carbonyl (C=O) groups is 2. The fraction of sp³-hybridized carbons (Fsp3) is 0.500. The van der Waals surface area contributed by atoms with Gasteiger partial charge in [-0.1, -0.05) is 42.0 Å². The maximum Gasteiger partial charge on any atom is 0.316 e. The van der Waals surface area contributed by atoms with Crippen LogP contribution in [-0.4, -0.2) is 34.4 Å². The first-order valence-corrected chi connectivity index (χ1v) is 10.8. The lowest BCUT2D eigenvalue weighted by molar-refractivity contribution is -0.139. The fourth-order valence-corrected chi connectivity index (χ4v) is 5.50. The Morgan fingerprint density at radius 3 is 2.84 bits per heavy atom. The summed E-state index contributed by atoms with van der Waals surface area (Å²) in [6.07, 6.45) is 3.84. The molecule has 1 amide bonds. The Morgan fingerprint density at radius 2 is 2.16 bits per heavy atom. The molecule has 25 heavy (non-hydrogen) atoms. The smallest absolute Gasteiger partial charge is 0.316 e. The van der Waals surface area contributed by atoms with E-state index in [9.17, 15) is 9.59 Å². The predicted molar refractivity (Wildman–Crippen MR) is 100 cm³/mol. The zero-order valence-electron chi connectivity index (χ0n) is 13.8. The number of hydrogen-bond donors (Lipinski definition) is 1. The van der Waals surface area contributed by atoms with Gasteiger partial charge in [0.05, 0.1) is 17.8 Å². The first-order chi connectivity index (χ1) is 12.1. The van der Waals surface area contributed by atoms with Gasteiger partial charge in [-0.15, -0.1) is 21.5 Å². The van der Waals surface area contributed by atoms with Crippen LogP contribution in [0.4, 0.5) is 5.13 Å². The molecule has 9 heteroatoms. The van der Waals surface area contributed by atoms with Crippen LogP contribution >= 0.6 is 34.4 Å². The Hall–Kier alpha value is -1.45. The number of esters is 1.